The summed E-state index contributed by atoms with van der Waals surface area (Å²) in [6.45, 7) is 2.20. The molecule has 10 heteroatoms. The molecule has 0 bridgehead atoms. The van der Waals surface area contributed by atoms with Crippen LogP contribution in [0.1, 0.15) is 24.1 Å². The first-order valence-electron chi connectivity index (χ1n) is 11.3. The number of anilines is 1. The van der Waals surface area contributed by atoms with Crippen molar-refractivity contribution in [3.05, 3.63) is 88.2 Å². The number of nitrogens with zero attached hydrogens (tertiary/aromatic N) is 2. The van der Waals surface area contributed by atoms with Gasteiger partial charge in [0.05, 0.1) is 40.6 Å². The molecule has 1 saturated heterocycles. The zero-order valence-corrected chi connectivity index (χ0v) is 21.3. The van der Waals surface area contributed by atoms with Gasteiger partial charge in [0, 0.05) is 5.56 Å². The van der Waals surface area contributed by atoms with Gasteiger partial charge in [-0.3, -0.25) is 14.5 Å². The highest BCUT2D eigenvalue weighted by Gasteiger charge is 2.48. The summed E-state index contributed by atoms with van der Waals surface area (Å²) in [7, 11) is 1.52. The molecule has 1 fully saturated rings. The number of hydrogen-bond donors (Lipinski definition) is 1. The predicted octanol–water partition coefficient (Wildman–Crippen LogP) is 6.12. The third kappa shape index (κ3) is 4.41. The van der Waals surface area contributed by atoms with Crippen LogP contribution < -0.4 is 14.4 Å². The average Bonchev–Trinajstić information content (AvgIpc) is 3.42. The van der Waals surface area contributed by atoms with Crippen LogP contribution in [0, 0.1) is 5.82 Å². The number of carbonyl (C=O) groups is 2. The Bertz CT molecular complexity index is 1570. The minimum absolute atomic E-state index is 0.149. The second-order valence-electron chi connectivity index (χ2n) is 8.13. The summed E-state index contributed by atoms with van der Waals surface area (Å²) >= 11 is 7.46. The number of ketones is 1. The highest BCUT2D eigenvalue weighted by Crippen LogP contribution is 2.45. The third-order valence-electron chi connectivity index (χ3n) is 5.93. The molecule has 1 aliphatic heterocycles. The number of Topliss-reactive ketones (excluding diaryl/α,β-unsaturated/α-hetero) is 1. The maximum Gasteiger partial charge on any atom is 0.301 e. The molecule has 1 N–H and O–H groups in total. The fraction of sp³-hybridized carbons (Fsp3) is 0.148. The van der Waals surface area contributed by atoms with Gasteiger partial charge in [-0.1, -0.05) is 35.1 Å². The fourth-order valence-corrected chi connectivity index (χ4v) is 5.43. The average molecular weight is 539 g/mol. The maximum absolute atomic E-state index is 13.8. The van der Waals surface area contributed by atoms with E-state index in [1.54, 1.807) is 36.4 Å². The summed E-state index contributed by atoms with van der Waals surface area (Å²) in [5, 5.41) is 11.8. The van der Waals surface area contributed by atoms with Crippen molar-refractivity contribution < 1.29 is 28.6 Å². The number of aromatic nitrogens is 1. The summed E-state index contributed by atoms with van der Waals surface area (Å²) in [5.41, 5.74) is 1.000. The second-order valence-corrected chi connectivity index (χ2v) is 9.54. The molecule has 0 radical (unpaired) electrons. The number of aliphatic hydroxyl groups excluding tert-OH is 1. The zero-order chi connectivity index (χ0) is 26.3. The monoisotopic (exact) mass is 538 g/mol. The van der Waals surface area contributed by atoms with Crippen LogP contribution in [0.25, 0.3) is 16.0 Å². The fourth-order valence-electron chi connectivity index (χ4n) is 4.21. The zero-order valence-electron chi connectivity index (χ0n) is 19.7. The smallest absolute Gasteiger partial charge is 0.301 e. The number of halogens is 2. The Hall–Kier alpha value is -3.95. The van der Waals surface area contributed by atoms with Gasteiger partial charge in [0.25, 0.3) is 5.78 Å². The first kappa shape index (κ1) is 24.7. The molecule has 1 aromatic heterocycles. The number of amides is 1. The van der Waals surface area contributed by atoms with E-state index in [0.29, 0.717) is 33.9 Å². The van der Waals surface area contributed by atoms with Gasteiger partial charge in [0.1, 0.15) is 23.1 Å². The van der Waals surface area contributed by atoms with Crippen LogP contribution >= 0.6 is 22.9 Å². The van der Waals surface area contributed by atoms with E-state index >= 15 is 0 Å². The highest BCUT2D eigenvalue weighted by atomic mass is 35.5. The molecule has 3 aromatic carbocycles. The van der Waals surface area contributed by atoms with Crippen LogP contribution in [0.3, 0.4) is 0 Å². The van der Waals surface area contributed by atoms with Gasteiger partial charge >= 0.3 is 5.91 Å². The molecule has 188 valence electrons. The molecular weight excluding hydrogens is 519 g/mol. The van der Waals surface area contributed by atoms with Crippen molar-refractivity contribution in [2.45, 2.75) is 13.0 Å². The molecule has 1 unspecified atom stereocenters. The van der Waals surface area contributed by atoms with E-state index in [4.69, 9.17) is 21.1 Å². The van der Waals surface area contributed by atoms with Crippen molar-refractivity contribution in [2.24, 2.45) is 0 Å². The molecule has 1 atom stereocenters. The Labute approximate surface area is 220 Å². The largest absolute Gasteiger partial charge is 0.507 e. The molecule has 0 spiro atoms. The highest BCUT2D eigenvalue weighted by molar-refractivity contribution is 7.22. The number of methoxy groups -OCH3 is 1. The lowest BCUT2D eigenvalue weighted by molar-refractivity contribution is -0.132. The first-order valence-corrected chi connectivity index (χ1v) is 12.5. The first-order chi connectivity index (χ1) is 17.8. The van der Waals surface area contributed by atoms with E-state index in [-0.39, 0.29) is 21.3 Å². The van der Waals surface area contributed by atoms with Crippen LogP contribution in [-0.4, -0.2) is 35.5 Å². The van der Waals surface area contributed by atoms with Crippen molar-refractivity contribution in [3.8, 4) is 11.5 Å². The quantitative estimate of drug-likeness (QED) is 0.181. The number of benzene rings is 3. The Kier molecular flexibility index (Phi) is 6.57. The minimum Gasteiger partial charge on any atom is -0.507 e. The Morgan fingerprint density at radius 2 is 1.84 bits per heavy atom. The van der Waals surface area contributed by atoms with Crippen molar-refractivity contribution in [1.82, 2.24) is 4.98 Å². The van der Waals surface area contributed by atoms with Gasteiger partial charge in [0.15, 0.2) is 5.13 Å². The molecule has 7 nitrogen and oxygen atoms in total. The van der Waals surface area contributed by atoms with E-state index in [2.05, 4.69) is 4.98 Å². The molecule has 4 aromatic rings. The number of aliphatic hydroxyl groups is 1. The number of fused-ring (bicyclic) bond motifs is 1. The van der Waals surface area contributed by atoms with E-state index in [9.17, 15) is 19.1 Å². The number of hydrogen-bond acceptors (Lipinski definition) is 7. The Balaban J connectivity index is 1.73. The molecule has 0 aliphatic carbocycles. The number of ether oxygens (including phenoxy) is 2. The van der Waals surface area contributed by atoms with Crippen LogP contribution in [0.2, 0.25) is 5.02 Å². The molecule has 1 aliphatic rings. The lowest BCUT2D eigenvalue weighted by atomic mass is 9.95. The van der Waals surface area contributed by atoms with E-state index in [0.717, 1.165) is 11.3 Å². The molecular formula is C27H20ClFN2O5S. The molecule has 1 amide bonds. The summed E-state index contributed by atoms with van der Waals surface area (Å²) in [5.74, 6) is -1.65. The van der Waals surface area contributed by atoms with Crippen LogP contribution in [0.5, 0.6) is 11.5 Å². The van der Waals surface area contributed by atoms with E-state index in [1.807, 2.05) is 6.92 Å². The van der Waals surface area contributed by atoms with Crippen LogP contribution in [0.4, 0.5) is 9.52 Å². The Morgan fingerprint density at radius 1 is 1.11 bits per heavy atom. The van der Waals surface area contributed by atoms with Crippen molar-refractivity contribution in [3.63, 3.8) is 0 Å². The van der Waals surface area contributed by atoms with Crippen molar-refractivity contribution in [1.29, 1.82) is 0 Å². The molecule has 5 rings (SSSR count). The number of carbonyl (C=O) groups excluding carboxylic acids is 2. The Morgan fingerprint density at radius 3 is 2.54 bits per heavy atom. The minimum atomic E-state index is -1.02. The van der Waals surface area contributed by atoms with Crippen molar-refractivity contribution >= 4 is 55.7 Å². The lowest BCUT2D eigenvalue weighted by Crippen LogP contribution is -2.29. The van der Waals surface area contributed by atoms with Crippen LogP contribution in [-0.2, 0) is 9.59 Å². The van der Waals surface area contributed by atoms with Gasteiger partial charge in [0.2, 0.25) is 0 Å². The molecule has 2 heterocycles. The molecule has 0 saturated carbocycles. The maximum atomic E-state index is 13.8. The second kappa shape index (κ2) is 9.84. The molecule has 37 heavy (non-hydrogen) atoms. The van der Waals surface area contributed by atoms with Gasteiger partial charge < -0.3 is 14.6 Å². The summed E-state index contributed by atoms with van der Waals surface area (Å²) in [4.78, 5) is 32.5. The summed E-state index contributed by atoms with van der Waals surface area (Å²) in [6.07, 6.45) is 0. The van der Waals surface area contributed by atoms with Gasteiger partial charge in [-0.15, -0.1) is 0 Å². The van der Waals surface area contributed by atoms with Gasteiger partial charge in [-0.25, -0.2) is 9.37 Å². The predicted molar refractivity (Wildman–Crippen MR) is 140 cm³/mol. The van der Waals surface area contributed by atoms with E-state index in [1.165, 1.54) is 36.3 Å². The normalized spacial score (nSPS) is 17.0. The standard InChI is InChI=1S/C27H20ClFN2O5S/c1-3-36-17-9-10-19(28)18(13-17)24(32)22-23(14-4-7-16(35-2)8-5-14)31(26(34)25(22)33)27-30-20-11-6-15(29)12-21(20)37-27/h4-13,23,32H,3H2,1-2H3/b24-22+. The summed E-state index contributed by atoms with van der Waals surface area (Å²) < 4.78 is 25.1. The lowest BCUT2D eigenvalue weighted by Gasteiger charge is -2.23. The third-order valence-corrected chi connectivity index (χ3v) is 7.27. The number of rotatable bonds is 6. The van der Waals surface area contributed by atoms with E-state index < -0.39 is 29.3 Å². The SMILES string of the molecule is CCOc1ccc(Cl)c(/C(O)=C2\C(=O)C(=O)N(c3nc4ccc(F)cc4s3)C2c2ccc(OC)cc2)c1. The van der Waals surface area contributed by atoms with Crippen molar-refractivity contribution in [2.75, 3.05) is 18.6 Å². The summed E-state index contributed by atoms with van der Waals surface area (Å²) in [6, 6.07) is 14.5. The van der Waals surface area contributed by atoms with Crippen LogP contribution in [0.15, 0.2) is 66.2 Å². The number of thiazole rings is 1. The van der Waals surface area contributed by atoms with Gasteiger partial charge in [-0.05, 0) is 61.0 Å². The van der Waals surface area contributed by atoms with Gasteiger partial charge in [-0.2, -0.15) is 0 Å². The topological polar surface area (TPSA) is 89.0 Å².